The van der Waals surface area contributed by atoms with Gasteiger partial charge >= 0.3 is 0 Å². The second kappa shape index (κ2) is 10.2. The van der Waals surface area contributed by atoms with E-state index in [0.717, 1.165) is 28.6 Å². The third kappa shape index (κ3) is 4.34. The minimum atomic E-state index is -1.62. The monoisotopic (exact) mass is 528 g/mol. The summed E-state index contributed by atoms with van der Waals surface area (Å²) in [7, 11) is 0. The highest BCUT2D eigenvalue weighted by atomic mass is 16.3. The Balaban J connectivity index is 1.63. The molecular formula is C32H36N2O5. The molecule has 1 saturated carbocycles. The van der Waals surface area contributed by atoms with E-state index in [0.29, 0.717) is 24.0 Å². The van der Waals surface area contributed by atoms with Gasteiger partial charge in [0.15, 0.2) is 11.6 Å². The Hall–Kier alpha value is -3.55. The third-order valence-electron chi connectivity index (χ3n) is 9.02. The molecule has 1 amide bonds. The molecule has 7 heteroatoms. The predicted molar refractivity (Wildman–Crippen MR) is 149 cm³/mol. The normalized spacial score (nSPS) is 38.5. The summed E-state index contributed by atoms with van der Waals surface area (Å²) in [5.74, 6) is -3.18. The Morgan fingerprint density at radius 1 is 1.10 bits per heavy atom. The highest BCUT2D eigenvalue weighted by Crippen LogP contribution is 2.56. The van der Waals surface area contributed by atoms with Crippen LogP contribution in [0.3, 0.4) is 0 Å². The Labute approximate surface area is 228 Å². The Morgan fingerprint density at radius 2 is 1.85 bits per heavy atom. The predicted octanol–water partition coefficient (Wildman–Crippen LogP) is 3.59. The van der Waals surface area contributed by atoms with Crippen molar-refractivity contribution in [3.63, 3.8) is 0 Å². The highest BCUT2D eigenvalue weighted by Gasteiger charge is 2.68. The molecule has 7 nitrogen and oxygen atoms in total. The molecule has 39 heavy (non-hydrogen) atoms. The number of hydrogen-bond acceptors (Lipinski definition) is 5. The highest BCUT2D eigenvalue weighted by molar-refractivity contribution is 6.14. The number of H-pyrrole nitrogens is 1. The fraction of sp³-hybridized carbons (Fsp3) is 0.406. The molecule has 204 valence electrons. The molecule has 1 aromatic carbocycles. The van der Waals surface area contributed by atoms with Gasteiger partial charge in [-0.1, -0.05) is 56.9 Å². The molecule has 2 heterocycles. The number of benzene rings is 1. The number of aromatic amines is 1. The van der Waals surface area contributed by atoms with Crippen molar-refractivity contribution in [2.45, 2.75) is 51.9 Å². The van der Waals surface area contributed by atoms with Gasteiger partial charge in [-0.25, -0.2) is 0 Å². The van der Waals surface area contributed by atoms with E-state index in [1.807, 2.05) is 50.4 Å². The minimum Gasteiger partial charge on any atom is -0.388 e. The van der Waals surface area contributed by atoms with Crippen LogP contribution in [-0.2, 0) is 20.8 Å². The number of fused-ring (bicyclic) bond motifs is 1. The molecule has 2 fully saturated rings. The largest absolute Gasteiger partial charge is 0.388 e. The summed E-state index contributed by atoms with van der Waals surface area (Å²) in [5.41, 5.74) is 1.39. The number of carbonyl (C=O) groups excluding carboxylic acids is 3. The first-order chi connectivity index (χ1) is 18.6. The Kier molecular flexibility index (Phi) is 7.08. The zero-order valence-corrected chi connectivity index (χ0v) is 22.6. The molecule has 5 rings (SSSR count). The number of carbonyl (C=O) groups is 3. The van der Waals surface area contributed by atoms with Crippen LogP contribution in [0.1, 0.15) is 32.8 Å². The van der Waals surface area contributed by atoms with Gasteiger partial charge in [-0.2, -0.15) is 0 Å². The van der Waals surface area contributed by atoms with Crippen LogP contribution in [0, 0.1) is 29.1 Å². The number of hydrogen-bond donors (Lipinski definition) is 4. The molecule has 1 aliphatic heterocycles. The van der Waals surface area contributed by atoms with Gasteiger partial charge in [-0.3, -0.25) is 14.4 Å². The maximum absolute atomic E-state index is 14.2. The summed E-state index contributed by atoms with van der Waals surface area (Å²) in [5, 5.41) is 26.2. The van der Waals surface area contributed by atoms with Crippen molar-refractivity contribution >= 4 is 28.4 Å². The fourth-order valence-electron chi connectivity index (χ4n) is 7.01. The van der Waals surface area contributed by atoms with E-state index in [1.165, 1.54) is 0 Å². The molecule has 0 bridgehead atoms. The number of amides is 1. The molecule has 1 aromatic heterocycles. The van der Waals surface area contributed by atoms with Crippen LogP contribution in [0.5, 0.6) is 0 Å². The lowest BCUT2D eigenvalue weighted by molar-refractivity contribution is -0.148. The molecule has 8 atom stereocenters. The van der Waals surface area contributed by atoms with E-state index in [1.54, 1.807) is 19.1 Å². The van der Waals surface area contributed by atoms with Crippen molar-refractivity contribution in [1.29, 1.82) is 0 Å². The molecule has 1 saturated heterocycles. The third-order valence-corrected chi connectivity index (χ3v) is 9.02. The topological polar surface area (TPSA) is 119 Å². The average Bonchev–Trinajstić information content (AvgIpc) is 3.45. The molecule has 2 aromatic rings. The van der Waals surface area contributed by atoms with Crippen LogP contribution in [0.2, 0.25) is 0 Å². The first-order valence-electron chi connectivity index (χ1n) is 13.6. The van der Waals surface area contributed by atoms with Gasteiger partial charge in [-0.15, -0.1) is 0 Å². The molecule has 0 radical (unpaired) electrons. The van der Waals surface area contributed by atoms with Crippen LogP contribution in [0.4, 0.5) is 0 Å². The van der Waals surface area contributed by atoms with Gasteiger partial charge in [0.2, 0.25) is 5.91 Å². The number of allylic oxidation sites excluding steroid dienone is 3. The SMILES string of the molecule is C=C1[C@@H](C)C2[C@H](Cc3c[nH]c4ccccc34)NC(=O)[C@]23C(=O)/C=C/[C@H](O)C(=O)/C(C)=C/[C@@H](C)C/C=C/[C@H]3[C@@H]1O. The Morgan fingerprint density at radius 3 is 2.62 bits per heavy atom. The number of ketones is 2. The number of para-hydroxylation sites is 1. The lowest BCUT2D eigenvalue weighted by Gasteiger charge is -2.48. The average molecular weight is 529 g/mol. The summed E-state index contributed by atoms with van der Waals surface area (Å²) < 4.78 is 0. The van der Waals surface area contributed by atoms with Gasteiger partial charge in [0.1, 0.15) is 11.5 Å². The van der Waals surface area contributed by atoms with Gasteiger partial charge in [0, 0.05) is 35.0 Å². The number of aliphatic hydroxyl groups is 2. The van der Waals surface area contributed by atoms with E-state index < -0.39 is 53.0 Å². The van der Waals surface area contributed by atoms with Gasteiger partial charge in [0.25, 0.3) is 0 Å². The summed E-state index contributed by atoms with van der Waals surface area (Å²) >= 11 is 0. The molecule has 2 aliphatic carbocycles. The maximum atomic E-state index is 14.2. The van der Waals surface area contributed by atoms with Crippen LogP contribution < -0.4 is 5.32 Å². The number of nitrogens with one attached hydrogen (secondary N) is 2. The minimum absolute atomic E-state index is 0.0283. The second-order valence-electron chi connectivity index (χ2n) is 11.4. The number of aromatic nitrogens is 1. The van der Waals surface area contributed by atoms with E-state index in [4.69, 9.17) is 0 Å². The van der Waals surface area contributed by atoms with Crippen LogP contribution in [0.15, 0.2) is 78.6 Å². The van der Waals surface area contributed by atoms with Crippen LogP contribution in [0.25, 0.3) is 10.9 Å². The number of rotatable bonds is 2. The summed E-state index contributed by atoms with van der Waals surface area (Å²) in [6.07, 6.45) is 8.12. The van der Waals surface area contributed by atoms with Crippen molar-refractivity contribution < 1.29 is 24.6 Å². The van der Waals surface area contributed by atoms with E-state index in [-0.39, 0.29) is 11.8 Å². The van der Waals surface area contributed by atoms with Gasteiger partial charge in [-0.05, 0) is 66.5 Å². The van der Waals surface area contributed by atoms with Crippen molar-refractivity contribution in [3.05, 3.63) is 84.1 Å². The number of Topliss-reactive ketones (excluding diaryl/α,β-unsaturated/α-hetero) is 1. The van der Waals surface area contributed by atoms with Crippen molar-refractivity contribution in [2.24, 2.45) is 29.1 Å². The van der Waals surface area contributed by atoms with Gasteiger partial charge in [0.05, 0.1) is 6.10 Å². The standard InChI is InChI=1S/C32H36N2O5/c1-17-8-7-10-23-30(38)20(4)19(3)28-25(15-21-16-33-24-11-6-5-9-22(21)24)34-31(39)32(23,28)27(36)13-12-26(35)29(37)18(2)14-17/h5-7,9-14,16-17,19,23,25-26,28,30,33,35,38H,4,8,15H2,1-3H3,(H,34,39)/b10-7+,13-12+,18-14+/t17-,19+,23-,25-,26-,28?,30+,32+/m0/s1. The van der Waals surface area contributed by atoms with Crippen LogP contribution in [-0.4, -0.2) is 50.9 Å². The smallest absolute Gasteiger partial charge is 0.235 e. The van der Waals surface area contributed by atoms with Crippen molar-refractivity contribution in [3.8, 4) is 0 Å². The van der Waals surface area contributed by atoms with Crippen molar-refractivity contribution in [1.82, 2.24) is 10.3 Å². The van der Waals surface area contributed by atoms with E-state index in [2.05, 4.69) is 16.9 Å². The quantitative estimate of drug-likeness (QED) is 0.351. The molecule has 1 unspecified atom stereocenters. The molecule has 3 aliphatic rings. The zero-order chi connectivity index (χ0) is 28.1. The first-order valence-corrected chi connectivity index (χ1v) is 13.6. The number of aliphatic hydroxyl groups excluding tert-OH is 2. The Bertz CT molecular complexity index is 1430. The second-order valence-corrected chi connectivity index (χ2v) is 11.4. The van der Waals surface area contributed by atoms with Crippen LogP contribution >= 0.6 is 0 Å². The summed E-state index contributed by atoms with van der Waals surface area (Å²) in [6.45, 7) is 9.70. The molecular weight excluding hydrogens is 492 g/mol. The first kappa shape index (κ1) is 27.0. The van der Waals surface area contributed by atoms with Gasteiger partial charge < -0.3 is 20.5 Å². The maximum Gasteiger partial charge on any atom is 0.235 e. The molecule has 1 spiro atoms. The van der Waals surface area contributed by atoms with E-state index >= 15 is 0 Å². The summed E-state index contributed by atoms with van der Waals surface area (Å²) in [4.78, 5) is 44.2. The van der Waals surface area contributed by atoms with E-state index in [9.17, 15) is 24.6 Å². The fourth-order valence-corrected chi connectivity index (χ4v) is 7.01. The lowest BCUT2D eigenvalue weighted by atomic mass is 9.52. The lowest BCUT2D eigenvalue weighted by Crippen LogP contribution is -2.58. The molecule has 4 N–H and O–H groups in total. The summed E-state index contributed by atoms with van der Waals surface area (Å²) in [6, 6.07) is 7.53. The zero-order valence-electron chi connectivity index (χ0n) is 22.6. The van der Waals surface area contributed by atoms with Crippen molar-refractivity contribution in [2.75, 3.05) is 0 Å².